The van der Waals surface area contributed by atoms with Gasteiger partial charge in [-0.05, 0) is 12.0 Å². The second-order valence-electron chi connectivity index (χ2n) is 4.28. The van der Waals surface area contributed by atoms with E-state index in [1.54, 1.807) is 6.92 Å². The van der Waals surface area contributed by atoms with Gasteiger partial charge in [-0.2, -0.15) is 0 Å². The predicted octanol–water partition coefficient (Wildman–Crippen LogP) is 2.87. The van der Waals surface area contributed by atoms with E-state index in [1.807, 2.05) is 13.8 Å². The molecule has 1 rings (SSSR count). The van der Waals surface area contributed by atoms with Crippen LogP contribution >= 0.6 is 11.6 Å². The molecule has 0 aliphatic carbocycles. The fourth-order valence-electron chi connectivity index (χ4n) is 1.20. The average molecular weight is 272 g/mol. The Bertz CT molecular complexity index is 477. The molecule has 1 unspecified atom stereocenters. The lowest BCUT2D eigenvalue weighted by molar-refractivity contribution is -0.384. The molecule has 1 atom stereocenters. The zero-order chi connectivity index (χ0) is 13.9. The molecule has 0 spiro atoms. The second kappa shape index (κ2) is 5.77. The Morgan fingerprint density at radius 3 is 2.56 bits per heavy atom. The van der Waals surface area contributed by atoms with Gasteiger partial charge in [0.05, 0.1) is 4.92 Å². The minimum atomic E-state index is -0.612. The monoisotopic (exact) mass is 271 g/mol. The number of aromatic nitrogens is 1. The van der Waals surface area contributed by atoms with E-state index in [-0.39, 0.29) is 34.4 Å². The summed E-state index contributed by atoms with van der Waals surface area (Å²) in [4.78, 5) is 25.8. The Morgan fingerprint density at radius 1 is 1.44 bits per heavy atom. The molecule has 7 heteroatoms. The second-order valence-corrected chi connectivity index (χ2v) is 4.67. The Kier molecular flexibility index (Phi) is 4.61. The number of nitrogens with one attached hydrogen (secondary N) is 1. The van der Waals surface area contributed by atoms with Crippen LogP contribution in [0.25, 0.3) is 0 Å². The number of hydrogen-bond donors (Lipinski definition) is 1. The molecule has 1 amide bonds. The van der Waals surface area contributed by atoms with Crippen molar-refractivity contribution in [1.82, 2.24) is 4.98 Å². The minimum absolute atomic E-state index is 0.0908. The molecule has 0 saturated heterocycles. The Labute approximate surface area is 110 Å². The van der Waals surface area contributed by atoms with Crippen LogP contribution in [0.2, 0.25) is 5.15 Å². The molecule has 1 aromatic heterocycles. The lowest BCUT2D eigenvalue weighted by atomic mass is 9.97. The van der Waals surface area contributed by atoms with Crippen LogP contribution in [0.1, 0.15) is 20.8 Å². The molecule has 0 aromatic carbocycles. The van der Waals surface area contributed by atoms with E-state index in [2.05, 4.69) is 10.3 Å². The summed E-state index contributed by atoms with van der Waals surface area (Å²) in [5.74, 6) is -0.582. The summed E-state index contributed by atoms with van der Waals surface area (Å²) in [7, 11) is 0. The van der Waals surface area contributed by atoms with E-state index in [0.29, 0.717) is 0 Å². The Balaban J connectivity index is 2.99. The number of hydrogen-bond acceptors (Lipinski definition) is 4. The van der Waals surface area contributed by atoms with Gasteiger partial charge >= 0.3 is 5.69 Å². The molecule has 0 bridgehead atoms. The normalized spacial score (nSPS) is 12.3. The standard InChI is InChI=1S/C11H14ClN3O3/c1-6(2)7(3)11(16)14-10-8(15(17)18)4-5-9(12)13-10/h4-7H,1-3H3,(H,13,14,16). The highest BCUT2D eigenvalue weighted by Crippen LogP contribution is 2.25. The lowest BCUT2D eigenvalue weighted by Gasteiger charge is -2.14. The van der Waals surface area contributed by atoms with Gasteiger partial charge in [0.15, 0.2) is 0 Å². The van der Waals surface area contributed by atoms with Gasteiger partial charge in [-0.3, -0.25) is 14.9 Å². The zero-order valence-corrected chi connectivity index (χ0v) is 11.1. The Morgan fingerprint density at radius 2 is 2.06 bits per heavy atom. The van der Waals surface area contributed by atoms with Crippen LogP contribution in [0.15, 0.2) is 12.1 Å². The summed E-state index contributed by atoms with van der Waals surface area (Å²) in [6.07, 6.45) is 0. The quantitative estimate of drug-likeness (QED) is 0.518. The summed E-state index contributed by atoms with van der Waals surface area (Å²) < 4.78 is 0. The molecular formula is C11H14ClN3O3. The number of amides is 1. The van der Waals surface area contributed by atoms with Gasteiger partial charge in [0.2, 0.25) is 11.7 Å². The average Bonchev–Trinajstić information content (AvgIpc) is 2.27. The van der Waals surface area contributed by atoms with Gasteiger partial charge in [0.25, 0.3) is 0 Å². The van der Waals surface area contributed by atoms with Crippen molar-refractivity contribution in [2.24, 2.45) is 11.8 Å². The molecule has 18 heavy (non-hydrogen) atoms. The summed E-state index contributed by atoms with van der Waals surface area (Å²) >= 11 is 5.66. The third-order valence-electron chi connectivity index (χ3n) is 2.69. The molecule has 1 heterocycles. The van der Waals surface area contributed by atoms with Gasteiger partial charge in [-0.1, -0.05) is 32.4 Å². The first-order chi connectivity index (χ1) is 8.32. The van der Waals surface area contributed by atoms with Crippen molar-refractivity contribution in [3.63, 3.8) is 0 Å². The highest BCUT2D eigenvalue weighted by molar-refractivity contribution is 6.29. The maximum atomic E-state index is 11.8. The van der Waals surface area contributed by atoms with E-state index in [0.717, 1.165) is 0 Å². The summed E-state index contributed by atoms with van der Waals surface area (Å²) in [5, 5.41) is 13.3. The van der Waals surface area contributed by atoms with Crippen molar-refractivity contribution in [1.29, 1.82) is 0 Å². The molecule has 6 nitrogen and oxygen atoms in total. The minimum Gasteiger partial charge on any atom is -0.305 e. The number of anilines is 1. The maximum Gasteiger partial charge on any atom is 0.311 e. The SMILES string of the molecule is CC(C)C(C)C(=O)Nc1nc(Cl)ccc1[N+](=O)[O-]. The van der Waals surface area contributed by atoms with Gasteiger partial charge in [-0.25, -0.2) is 4.98 Å². The van der Waals surface area contributed by atoms with Crippen LogP contribution in [-0.2, 0) is 4.79 Å². The highest BCUT2D eigenvalue weighted by Gasteiger charge is 2.22. The van der Waals surface area contributed by atoms with Crippen molar-refractivity contribution >= 4 is 29.0 Å². The molecule has 0 saturated carbocycles. The van der Waals surface area contributed by atoms with Crippen molar-refractivity contribution in [3.8, 4) is 0 Å². The van der Waals surface area contributed by atoms with Crippen molar-refractivity contribution in [2.75, 3.05) is 5.32 Å². The zero-order valence-electron chi connectivity index (χ0n) is 10.3. The number of carbonyl (C=O) groups is 1. The van der Waals surface area contributed by atoms with Crippen molar-refractivity contribution < 1.29 is 9.72 Å². The molecule has 0 radical (unpaired) electrons. The van der Waals surface area contributed by atoms with Crippen LogP contribution < -0.4 is 5.32 Å². The third-order valence-corrected chi connectivity index (χ3v) is 2.90. The van der Waals surface area contributed by atoms with E-state index >= 15 is 0 Å². The van der Waals surface area contributed by atoms with Crippen molar-refractivity contribution in [3.05, 3.63) is 27.4 Å². The smallest absolute Gasteiger partial charge is 0.305 e. The van der Waals surface area contributed by atoms with Crippen LogP contribution in [-0.4, -0.2) is 15.8 Å². The lowest BCUT2D eigenvalue weighted by Crippen LogP contribution is -2.25. The Hall–Kier alpha value is -1.69. The van der Waals surface area contributed by atoms with Gasteiger partial charge in [-0.15, -0.1) is 0 Å². The molecule has 0 aliphatic heterocycles. The number of pyridine rings is 1. The number of halogens is 1. The molecule has 0 fully saturated rings. The largest absolute Gasteiger partial charge is 0.311 e. The number of rotatable bonds is 4. The van der Waals surface area contributed by atoms with E-state index < -0.39 is 4.92 Å². The van der Waals surface area contributed by atoms with Crippen LogP contribution in [0, 0.1) is 22.0 Å². The first kappa shape index (κ1) is 14.4. The molecule has 98 valence electrons. The van der Waals surface area contributed by atoms with E-state index in [4.69, 9.17) is 11.6 Å². The topological polar surface area (TPSA) is 85.1 Å². The van der Waals surface area contributed by atoms with Crippen LogP contribution in [0.4, 0.5) is 11.5 Å². The number of nitrogens with zero attached hydrogens (tertiary/aromatic N) is 2. The van der Waals surface area contributed by atoms with E-state index in [9.17, 15) is 14.9 Å². The molecule has 1 N–H and O–H groups in total. The predicted molar refractivity (Wildman–Crippen MR) is 68.5 cm³/mol. The van der Waals surface area contributed by atoms with Crippen LogP contribution in [0.5, 0.6) is 0 Å². The van der Waals surface area contributed by atoms with Crippen LogP contribution in [0.3, 0.4) is 0 Å². The van der Waals surface area contributed by atoms with Gasteiger partial charge < -0.3 is 5.32 Å². The highest BCUT2D eigenvalue weighted by atomic mass is 35.5. The summed E-state index contributed by atoms with van der Waals surface area (Å²) in [6.45, 7) is 5.53. The first-order valence-electron chi connectivity index (χ1n) is 5.44. The first-order valence-corrected chi connectivity index (χ1v) is 5.82. The fraction of sp³-hybridized carbons (Fsp3) is 0.455. The van der Waals surface area contributed by atoms with Gasteiger partial charge in [0, 0.05) is 12.0 Å². The summed E-state index contributed by atoms with van der Waals surface area (Å²) in [6, 6.07) is 2.52. The number of carbonyl (C=O) groups excluding carboxylic acids is 1. The molecular weight excluding hydrogens is 258 g/mol. The third kappa shape index (κ3) is 3.40. The van der Waals surface area contributed by atoms with Gasteiger partial charge in [0.1, 0.15) is 5.15 Å². The fourth-order valence-corrected chi connectivity index (χ4v) is 1.35. The summed E-state index contributed by atoms with van der Waals surface area (Å²) in [5.41, 5.74) is -0.274. The van der Waals surface area contributed by atoms with Crippen molar-refractivity contribution in [2.45, 2.75) is 20.8 Å². The molecule has 1 aromatic rings. The van der Waals surface area contributed by atoms with E-state index in [1.165, 1.54) is 12.1 Å². The number of nitro groups is 1. The maximum absolute atomic E-state index is 11.8. The molecule has 0 aliphatic rings.